The van der Waals surface area contributed by atoms with Gasteiger partial charge < -0.3 is 19.4 Å². The lowest BCUT2D eigenvalue weighted by Gasteiger charge is -2.35. The summed E-state index contributed by atoms with van der Waals surface area (Å²) in [5.41, 5.74) is 1.28. The Morgan fingerprint density at radius 3 is 2.74 bits per heavy atom. The Bertz CT molecular complexity index is 1010. The number of oxazole rings is 1. The van der Waals surface area contributed by atoms with Crippen LogP contribution in [0, 0.1) is 6.92 Å². The van der Waals surface area contributed by atoms with Gasteiger partial charge >= 0.3 is 0 Å². The summed E-state index contributed by atoms with van der Waals surface area (Å²) in [5.74, 6) is 1.76. The molecule has 3 heterocycles. The first-order valence-electron chi connectivity index (χ1n) is 13.2. The van der Waals surface area contributed by atoms with Crippen LogP contribution in [-0.4, -0.2) is 58.2 Å². The molecule has 1 N–H and O–H groups in total. The number of aryl methyl sites for hydroxylation is 1. The van der Waals surface area contributed by atoms with Gasteiger partial charge in [0.25, 0.3) is 0 Å². The van der Waals surface area contributed by atoms with E-state index < -0.39 is 5.67 Å². The summed E-state index contributed by atoms with van der Waals surface area (Å²) in [6.45, 7) is 4.41. The van der Waals surface area contributed by atoms with E-state index in [9.17, 15) is 4.79 Å². The number of fused-ring (bicyclic) bond motifs is 1. The quantitative estimate of drug-likeness (QED) is 0.607. The SMILES string of the molecule is Cc1cnc(CC(=O)NC2CCC(F)(CCN3CCc4ccc(OC5CCC5)nc4CC3)CC2)o1. The molecule has 0 radical (unpaired) electrons. The standard InChI is InChI=1S/C27H37FN4O3/c1-19-18-29-26(34-19)17-24(33)30-21-7-11-27(28,12-8-21)13-16-32-14-9-20-5-6-25(31-23(20)10-15-32)35-22-3-2-4-22/h5-6,18,21-22H,2-4,7-17H2,1H3,(H,30,33). The highest BCUT2D eigenvalue weighted by Crippen LogP contribution is 2.35. The van der Waals surface area contributed by atoms with E-state index >= 15 is 4.39 Å². The van der Waals surface area contributed by atoms with Gasteiger partial charge in [-0.2, -0.15) is 0 Å². The molecule has 190 valence electrons. The van der Waals surface area contributed by atoms with Gasteiger partial charge in [0.05, 0.1) is 6.20 Å². The topological polar surface area (TPSA) is 80.5 Å². The zero-order chi connectivity index (χ0) is 24.3. The van der Waals surface area contributed by atoms with Gasteiger partial charge in [0.2, 0.25) is 17.7 Å². The van der Waals surface area contributed by atoms with Crippen LogP contribution in [0.3, 0.4) is 0 Å². The highest BCUT2D eigenvalue weighted by molar-refractivity contribution is 5.77. The number of alkyl halides is 1. The second-order valence-corrected chi connectivity index (χ2v) is 10.6. The maximum absolute atomic E-state index is 15.6. The molecule has 7 nitrogen and oxygen atoms in total. The molecule has 0 bridgehead atoms. The molecular weight excluding hydrogens is 447 g/mol. The molecule has 0 atom stereocenters. The van der Waals surface area contributed by atoms with Crippen LogP contribution in [-0.2, 0) is 24.1 Å². The third-order valence-electron chi connectivity index (χ3n) is 7.85. The molecule has 2 fully saturated rings. The van der Waals surface area contributed by atoms with Crippen LogP contribution in [0.15, 0.2) is 22.7 Å². The fourth-order valence-electron chi connectivity index (χ4n) is 5.34. The summed E-state index contributed by atoms with van der Waals surface area (Å²) in [4.78, 5) is 23.5. The summed E-state index contributed by atoms with van der Waals surface area (Å²) in [6, 6.07) is 4.19. The molecule has 8 heteroatoms. The average molecular weight is 485 g/mol. The highest BCUT2D eigenvalue weighted by Gasteiger charge is 2.36. The number of hydrogen-bond donors (Lipinski definition) is 1. The molecule has 0 aromatic carbocycles. The summed E-state index contributed by atoms with van der Waals surface area (Å²) < 4.78 is 26.9. The maximum atomic E-state index is 15.6. The monoisotopic (exact) mass is 484 g/mol. The fraction of sp³-hybridized carbons (Fsp3) is 0.667. The highest BCUT2D eigenvalue weighted by atomic mass is 19.1. The van der Waals surface area contributed by atoms with Crippen LogP contribution >= 0.6 is 0 Å². The molecule has 2 aliphatic carbocycles. The third kappa shape index (κ3) is 6.40. The van der Waals surface area contributed by atoms with Gasteiger partial charge in [0.15, 0.2) is 0 Å². The Balaban J connectivity index is 1.04. The first kappa shape index (κ1) is 24.2. The van der Waals surface area contributed by atoms with Crippen LogP contribution in [0.5, 0.6) is 5.88 Å². The van der Waals surface area contributed by atoms with Crippen LogP contribution in [0.2, 0.25) is 0 Å². The first-order valence-corrected chi connectivity index (χ1v) is 13.2. The second kappa shape index (κ2) is 10.6. The van der Waals surface area contributed by atoms with Gasteiger partial charge in [-0.15, -0.1) is 0 Å². The van der Waals surface area contributed by atoms with Gasteiger partial charge in [-0.25, -0.2) is 14.4 Å². The Morgan fingerprint density at radius 1 is 1.23 bits per heavy atom. The third-order valence-corrected chi connectivity index (χ3v) is 7.85. The number of hydrogen-bond acceptors (Lipinski definition) is 6. The lowest BCUT2D eigenvalue weighted by Crippen LogP contribution is -2.43. The van der Waals surface area contributed by atoms with Gasteiger partial charge in [-0.1, -0.05) is 6.07 Å². The van der Waals surface area contributed by atoms with E-state index in [0.717, 1.165) is 56.9 Å². The van der Waals surface area contributed by atoms with Crippen molar-refractivity contribution in [3.8, 4) is 5.88 Å². The molecular formula is C27H37FN4O3. The van der Waals surface area contributed by atoms with E-state index in [0.29, 0.717) is 49.9 Å². The second-order valence-electron chi connectivity index (χ2n) is 10.6. The minimum Gasteiger partial charge on any atom is -0.474 e. The summed E-state index contributed by atoms with van der Waals surface area (Å²) in [6.07, 6.45) is 10.3. The zero-order valence-corrected chi connectivity index (χ0v) is 20.7. The van der Waals surface area contributed by atoms with Crippen molar-refractivity contribution in [3.63, 3.8) is 0 Å². The van der Waals surface area contributed by atoms with E-state index in [2.05, 4.69) is 21.3 Å². The van der Waals surface area contributed by atoms with E-state index in [1.54, 1.807) is 13.1 Å². The van der Waals surface area contributed by atoms with Crippen LogP contribution in [0.25, 0.3) is 0 Å². The number of nitrogens with one attached hydrogen (secondary N) is 1. The molecule has 2 aromatic rings. The van der Waals surface area contributed by atoms with Gasteiger partial charge in [-0.05, 0) is 70.3 Å². The molecule has 0 spiro atoms. The average Bonchev–Trinajstić information content (AvgIpc) is 3.10. The number of rotatable bonds is 8. The van der Waals surface area contributed by atoms with Crippen molar-refractivity contribution in [1.82, 2.24) is 20.2 Å². The maximum Gasteiger partial charge on any atom is 0.229 e. The van der Waals surface area contributed by atoms with Crippen molar-refractivity contribution in [2.75, 3.05) is 19.6 Å². The normalized spacial score (nSPS) is 25.4. The Morgan fingerprint density at radius 2 is 2.03 bits per heavy atom. The van der Waals surface area contributed by atoms with Crippen LogP contribution in [0.1, 0.15) is 74.3 Å². The number of nitrogens with zero attached hydrogens (tertiary/aromatic N) is 3. The van der Waals surface area contributed by atoms with Crippen molar-refractivity contribution in [2.24, 2.45) is 0 Å². The first-order chi connectivity index (χ1) is 16.9. The molecule has 2 saturated carbocycles. The predicted octanol–water partition coefficient (Wildman–Crippen LogP) is 4.11. The molecule has 0 unspecified atom stereocenters. The number of carbonyl (C=O) groups is 1. The molecule has 35 heavy (non-hydrogen) atoms. The molecule has 2 aromatic heterocycles. The molecule has 5 rings (SSSR count). The summed E-state index contributed by atoms with van der Waals surface area (Å²) in [5, 5.41) is 3.03. The summed E-state index contributed by atoms with van der Waals surface area (Å²) >= 11 is 0. The van der Waals surface area contributed by atoms with Gasteiger partial charge in [0, 0.05) is 43.9 Å². The number of ether oxygens (including phenoxy) is 1. The lowest BCUT2D eigenvalue weighted by molar-refractivity contribution is -0.122. The smallest absolute Gasteiger partial charge is 0.229 e. The summed E-state index contributed by atoms with van der Waals surface area (Å²) in [7, 11) is 0. The molecule has 1 amide bonds. The van der Waals surface area contributed by atoms with E-state index in [-0.39, 0.29) is 18.4 Å². The van der Waals surface area contributed by atoms with Gasteiger partial charge in [-0.3, -0.25) is 4.79 Å². The Labute approximate surface area is 206 Å². The Kier molecular flexibility index (Phi) is 7.37. The number of aromatic nitrogens is 2. The van der Waals surface area contributed by atoms with Crippen molar-refractivity contribution in [1.29, 1.82) is 0 Å². The van der Waals surface area contributed by atoms with Crippen molar-refractivity contribution in [2.45, 2.75) is 95.4 Å². The zero-order valence-electron chi connectivity index (χ0n) is 20.7. The lowest BCUT2D eigenvalue weighted by atomic mass is 9.81. The van der Waals surface area contributed by atoms with E-state index in [4.69, 9.17) is 14.1 Å². The van der Waals surface area contributed by atoms with Gasteiger partial charge in [0.1, 0.15) is 24.0 Å². The minimum absolute atomic E-state index is 0.0255. The largest absolute Gasteiger partial charge is 0.474 e. The van der Waals surface area contributed by atoms with Crippen molar-refractivity contribution < 1.29 is 18.3 Å². The van der Waals surface area contributed by atoms with Crippen molar-refractivity contribution in [3.05, 3.63) is 41.2 Å². The fourth-order valence-corrected chi connectivity index (χ4v) is 5.34. The minimum atomic E-state index is -1.15. The molecule has 0 saturated heterocycles. The Hall–Kier alpha value is -2.48. The number of carbonyl (C=O) groups excluding carboxylic acids is 1. The molecule has 3 aliphatic rings. The van der Waals surface area contributed by atoms with Crippen LogP contribution in [0.4, 0.5) is 4.39 Å². The number of halogens is 1. The predicted molar refractivity (Wildman–Crippen MR) is 130 cm³/mol. The van der Waals surface area contributed by atoms with Crippen LogP contribution < -0.4 is 10.1 Å². The number of pyridine rings is 1. The van der Waals surface area contributed by atoms with Crippen molar-refractivity contribution >= 4 is 5.91 Å². The molecule has 1 aliphatic heterocycles. The number of amides is 1. The van der Waals surface area contributed by atoms with E-state index in [1.807, 2.05) is 6.07 Å². The van der Waals surface area contributed by atoms with E-state index in [1.165, 1.54) is 12.0 Å².